The largest absolute Gasteiger partial charge is 0.395 e. The number of non-ortho nitro benzene ring substituents is 1. The van der Waals surface area contributed by atoms with Gasteiger partial charge in [0.25, 0.3) is 5.69 Å². The van der Waals surface area contributed by atoms with Gasteiger partial charge in [0.1, 0.15) is 5.69 Å². The first-order valence-corrected chi connectivity index (χ1v) is 8.11. The molecule has 9 heteroatoms. The molecule has 0 aliphatic rings. The standard InChI is InChI=1S/C17H16ClN5O3/c18-16-12-15(23(25)26)6-7-17(16)21-20-13-2-4-14(5-3-13)22(10-11-24)9-1-8-19/h2-7,12,24H,1,9-11H2/b21-20+. The minimum Gasteiger partial charge on any atom is -0.395 e. The van der Waals surface area contributed by atoms with Crippen LogP contribution in [-0.2, 0) is 0 Å². The lowest BCUT2D eigenvalue weighted by Gasteiger charge is -2.22. The molecule has 0 fully saturated rings. The Kier molecular flexibility index (Phi) is 7.02. The molecule has 0 radical (unpaired) electrons. The second kappa shape index (κ2) is 9.46. The van der Waals surface area contributed by atoms with Crippen LogP contribution in [0.4, 0.5) is 22.7 Å². The van der Waals surface area contributed by atoms with E-state index in [4.69, 9.17) is 22.0 Å². The molecule has 134 valence electrons. The Morgan fingerprint density at radius 3 is 2.50 bits per heavy atom. The van der Waals surface area contributed by atoms with E-state index < -0.39 is 4.92 Å². The normalized spacial score (nSPS) is 10.7. The van der Waals surface area contributed by atoms with Crippen molar-refractivity contribution >= 4 is 34.4 Å². The second-order valence-corrected chi connectivity index (χ2v) is 5.64. The van der Waals surface area contributed by atoms with Gasteiger partial charge in [-0.1, -0.05) is 11.6 Å². The molecule has 0 bridgehead atoms. The van der Waals surface area contributed by atoms with Crippen molar-refractivity contribution in [2.75, 3.05) is 24.6 Å². The van der Waals surface area contributed by atoms with Crippen LogP contribution in [0.25, 0.3) is 0 Å². The fourth-order valence-corrected chi connectivity index (χ4v) is 2.42. The highest BCUT2D eigenvalue weighted by molar-refractivity contribution is 6.33. The molecule has 26 heavy (non-hydrogen) atoms. The van der Waals surface area contributed by atoms with E-state index in [1.807, 2.05) is 17.0 Å². The first kappa shape index (κ1) is 19.3. The maximum atomic E-state index is 10.7. The molecule has 0 unspecified atom stereocenters. The monoisotopic (exact) mass is 373 g/mol. The first-order chi connectivity index (χ1) is 12.5. The molecule has 0 amide bonds. The van der Waals surface area contributed by atoms with Crippen molar-refractivity contribution in [1.82, 2.24) is 0 Å². The summed E-state index contributed by atoms with van der Waals surface area (Å²) in [4.78, 5) is 12.1. The van der Waals surface area contributed by atoms with Gasteiger partial charge in [0.15, 0.2) is 0 Å². The van der Waals surface area contributed by atoms with Crippen LogP contribution in [0.3, 0.4) is 0 Å². The van der Waals surface area contributed by atoms with Gasteiger partial charge in [-0.15, -0.1) is 5.11 Å². The molecule has 0 saturated carbocycles. The number of nitriles is 1. The predicted octanol–water partition coefficient (Wildman–Crippen LogP) is 4.38. The van der Waals surface area contributed by atoms with Gasteiger partial charge in [0.05, 0.1) is 34.7 Å². The van der Waals surface area contributed by atoms with E-state index in [1.165, 1.54) is 18.2 Å². The number of benzene rings is 2. The molecule has 0 saturated heterocycles. The van der Waals surface area contributed by atoms with Crippen molar-refractivity contribution in [3.8, 4) is 6.07 Å². The Hall–Kier alpha value is -3.02. The second-order valence-electron chi connectivity index (χ2n) is 5.23. The Balaban J connectivity index is 2.12. The van der Waals surface area contributed by atoms with Gasteiger partial charge in [0.2, 0.25) is 0 Å². The lowest BCUT2D eigenvalue weighted by molar-refractivity contribution is -0.384. The average molecular weight is 374 g/mol. The average Bonchev–Trinajstić information content (AvgIpc) is 2.64. The topological polar surface area (TPSA) is 115 Å². The lowest BCUT2D eigenvalue weighted by Crippen LogP contribution is -2.27. The van der Waals surface area contributed by atoms with E-state index in [1.54, 1.807) is 12.1 Å². The highest BCUT2D eigenvalue weighted by atomic mass is 35.5. The summed E-state index contributed by atoms with van der Waals surface area (Å²) >= 11 is 5.97. The molecule has 0 aromatic heterocycles. The maximum Gasteiger partial charge on any atom is 0.271 e. The highest BCUT2D eigenvalue weighted by Gasteiger charge is 2.09. The van der Waals surface area contributed by atoms with Crippen LogP contribution in [-0.4, -0.2) is 29.7 Å². The third-order valence-corrected chi connectivity index (χ3v) is 3.80. The van der Waals surface area contributed by atoms with Crippen LogP contribution in [0.5, 0.6) is 0 Å². The van der Waals surface area contributed by atoms with E-state index >= 15 is 0 Å². The van der Waals surface area contributed by atoms with E-state index in [0.29, 0.717) is 30.9 Å². The zero-order valence-corrected chi connectivity index (χ0v) is 14.5. The zero-order chi connectivity index (χ0) is 18.9. The summed E-state index contributed by atoms with van der Waals surface area (Å²) in [6.07, 6.45) is 0.361. The summed E-state index contributed by atoms with van der Waals surface area (Å²) in [6.45, 7) is 0.947. The smallest absolute Gasteiger partial charge is 0.271 e. The number of halogens is 1. The van der Waals surface area contributed by atoms with E-state index in [2.05, 4.69) is 16.3 Å². The summed E-state index contributed by atoms with van der Waals surface area (Å²) in [7, 11) is 0. The van der Waals surface area contributed by atoms with Crippen LogP contribution < -0.4 is 4.90 Å². The van der Waals surface area contributed by atoms with Crippen LogP contribution in [0.2, 0.25) is 5.02 Å². The van der Waals surface area contributed by atoms with E-state index in [-0.39, 0.29) is 17.3 Å². The molecule has 0 aliphatic carbocycles. The first-order valence-electron chi connectivity index (χ1n) is 7.73. The molecule has 0 heterocycles. The van der Waals surface area contributed by atoms with Crippen molar-refractivity contribution in [3.63, 3.8) is 0 Å². The fraction of sp³-hybridized carbons (Fsp3) is 0.235. The van der Waals surface area contributed by atoms with Crippen LogP contribution in [0.15, 0.2) is 52.7 Å². The number of nitro benzene ring substituents is 1. The zero-order valence-electron chi connectivity index (χ0n) is 13.7. The van der Waals surface area contributed by atoms with Crippen LogP contribution in [0.1, 0.15) is 6.42 Å². The molecule has 8 nitrogen and oxygen atoms in total. The number of hydrogen-bond acceptors (Lipinski definition) is 7. The van der Waals surface area contributed by atoms with Gasteiger partial charge in [-0.05, 0) is 30.3 Å². The molecule has 2 aromatic rings. The number of anilines is 1. The minimum atomic E-state index is -0.532. The van der Waals surface area contributed by atoms with E-state index in [0.717, 1.165) is 5.69 Å². The van der Waals surface area contributed by atoms with Gasteiger partial charge < -0.3 is 10.0 Å². The van der Waals surface area contributed by atoms with Gasteiger partial charge in [-0.2, -0.15) is 10.4 Å². The van der Waals surface area contributed by atoms with Crippen molar-refractivity contribution < 1.29 is 10.0 Å². The molecule has 1 N–H and O–H groups in total. The van der Waals surface area contributed by atoms with Gasteiger partial charge in [-0.25, -0.2) is 0 Å². The highest BCUT2D eigenvalue weighted by Crippen LogP contribution is 2.30. The lowest BCUT2D eigenvalue weighted by atomic mass is 10.2. The number of nitrogens with zero attached hydrogens (tertiary/aromatic N) is 5. The van der Waals surface area contributed by atoms with Crippen molar-refractivity contribution in [1.29, 1.82) is 5.26 Å². The molecule has 2 aromatic carbocycles. The Labute approximate surface area is 155 Å². The Bertz CT molecular complexity index is 833. The van der Waals surface area contributed by atoms with Gasteiger partial charge in [0, 0.05) is 30.9 Å². The predicted molar refractivity (Wildman–Crippen MR) is 98.3 cm³/mol. The summed E-state index contributed by atoms with van der Waals surface area (Å²) in [5.41, 5.74) is 1.66. The van der Waals surface area contributed by atoms with Crippen LogP contribution in [0, 0.1) is 21.4 Å². The van der Waals surface area contributed by atoms with Crippen LogP contribution >= 0.6 is 11.6 Å². The SMILES string of the molecule is N#CCCN(CCO)c1ccc(/N=N/c2ccc([N+](=O)[O-])cc2Cl)cc1. The maximum absolute atomic E-state index is 10.7. The minimum absolute atomic E-state index is 0.00840. The number of nitro groups is 1. The van der Waals surface area contributed by atoms with E-state index in [9.17, 15) is 10.1 Å². The van der Waals surface area contributed by atoms with Crippen molar-refractivity contribution in [2.45, 2.75) is 6.42 Å². The molecule has 0 atom stereocenters. The molecule has 0 aliphatic heterocycles. The molecular formula is C17H16ClN5O3. The number of rotatable bonds is 8. The number of aliphatic hydroxyl groups excluding tert-OH is 1. The fourth-order valence-electron chi connectivity index (χ4n) is 2.21. The summed E-state index contributed by atoms with van der Waals surface area (Å²) < 4.78 is 0. The number of aliphatic hydroxyl groups is 1. The summed E-state index contributed by atoms with van der Waals surface area (Å²) in [5.74, 6) is 0. The Morgan fingerprint density at radius 2 is 1.92 bits per heavy atom. The van der Waals surface area contributed by atoms with Crippen molar-refractivity contribution in [2.24, 2.45) is 10.2 Å². The van der Waals surface area contributed by atoms with Gasteiger partial charge in [-0.3, -0.25) is 10.1 Å². The quantitative estimate of drug-likeness (QED) is 0.419. The molecule has 0 spiro atoms. The number of hydrogen-bond donors (Lipinski definition) is 1. The summed E-state index contributed by atoms with van der Waals surface area (Å²) in [5, 5.41) is 36.8. The van der Waals surface area contributed by atoms with Gasteiger partial charge >= 0.3 is 0 Å². The third-order valence-electron chi connectivity index (χ3n) is 3.49. The Morgan fingerprint density at radius 1 is 1.19 bits per heavy atom. The number of azo groups is 1. The molecule has 2 rings (SSSR count). The third kappa shape index (κ3) is 5.24. The molecular weight excluding hydrogens is 358 g/mol. The summed E-state index contributed by atoms with van der Waals surface area (Å²) in [6, 6.07) is 13.2. The van der Waals surface area contributed by atoms with Crippen molar-refractivity contribution in [3.05, 3.63) is 57.6 Å².